The number of fused-ring (bicyclic) bond motifs is 1. The van der Waals surface area contributed by atoms with Gasteiger partial charge in [0, 0.05) is 38.1 Å². The molecule has 0 spiro atoms. The van der Waals surface area contributed by atoms with E-state index >= 15 is 0 Å². The average Bonchev–Trinajstić information content (AvgIpc) is 3.21. The van der Waals surface area contributed by atoms with Crippen LogP contribution in [0, 0.1) is 6.92 Å². The van der Waals surface area contributed by atoms with E-state index in [4.69, 9.17) is 0 Å². The highest BCUT2D eigenvalue weighted by Gasteiger charge is 2.45. The van der Waals surface area contributed by atoms with E-state index < -0.39 is 0 Å². The molecule has 0 aliphatic carbocycles. The van der Waals surface area contributed by atoms with Gasteiger partial charge in [-0.25, -0.2) is 0 Å². The second-order valence-electron chi connectivity index (χ2n) is 6.78. The Labute approximate surface area is 146 Å². The summed E-state index contributed by atoms with van der Waals surface area (Å²) in [7, 11) is 1.84. The second-order valence-corrected chi connectivity index (χ2v) is 6.78. The minimum Gasteiger partial charge on any atom is -0.333 e. The number of likely N-dealkylation sites (tertiary alicyclic amines) is 1. The maximum atomic E-state index is 12.9. The summed E-state index contributed by atoms with van der Waals surface area (Å²) in [6.07, 6.45) is 7.16. The fourth-order valence-corrected chi connectivity index (χ4v) is 3.94. The summed E-state index contributed by atoms with van der Waals surface area (Å²) < 4.78 is 1.70. The molecular formula is C18H21N5O2. The molecular weight excluding hydrogens is 318 g/mol. The molecule has 0 aromatic carbocycles. The van der Waals surface area contributed by atoms with Crippen LogP contribution in [0.4, 0.5) is 5.69 Å². The van der Waals surface area contributed by atoms with Gasteiger partial charge in [-0.05, 0) is 31.9 Å². The van der Waals surface area contributed by atoms with Gasteiger partial charge >= 0.3 is 0 Å². The molecule has 2 atom stereocenters. The van der Waals surface area contributed by atoms with Crippen LogP contribution < -0.4 is 4.90 Å². The number of pyridine rings is 1. The zero-order chi connectivity index (χ0) is 17.6. The molecule has 2 amide bonds. The molecule has 2 aromatic rings. The van der Waals surface area contributed by atoms with Gasteiger partial charge < -0.3 is 9.80 Å². The molecule has 2 aliphatic heterocycles. The Morgan fingerprint density at radius 2 is 2.04 bits per heavy atom. The van der Waals surface area contributed by atoms with Crippen molar-refractivity contribution in [3.05, 3.63) is 42.0 Å². The monoisotopic (exact) mass is 339 g/mol. The lowest BCUT2D eigenvalue weighted by molar-refractivity contribution is -0.120. The largest absolute Gasteiger partial charge is 0.333 e. The first-order valence-electron chi connectivity index (χ1n) is 8.59. The Morgan fingerprint density at radius 1 is 1.20 bits per heavy atom. The van der Waals surface area contributed by atoms with E-state index in [0.29, 0.717) is 24.9 Å². The molecule has 7 heteroatoms. The molecule has 0 bridgehead atoms. The zero-order valence-corrected chi connectivity index (χ0v) is 14.4. The summed E-state index contributed by atoms with van der Waals surface area (Å²) in [6, 6.07) is 3.75. The van der Waals surface area contributed by atoms with Crippen LogP contribution in [0.3, 0.4) is 0 Å². The lowest BCUT2D eigenvalue weighted by Crippen LogP contribution is -2.53. The van der Waals surface area contributed by atoms with Crippen LogP contribution in [0.2, 0.25) is 0 Å². The van der Waals surface area contributed by atoms with E-state index in [1.54, 1.807) is 17.1 Å². The second kappa shape index (κ2) is 5.98. The van der Waals surface area contributed by atoms with Crippen molar-refractivity contribution in [1.29, 1.82) is 0 Å². The highest BCUT2D eigenvalue weighted by molar-refractivity contribution is 5.97. The third-order valence-corrected chi connectivity index (χ3v) is 5.15. The van der Waals surface area contributed by atoms with Crippen molar-refractivity contribution in [3.8, 4) is 0 Å². The summed E-state index contributed by atoms with van der Waals surface area (Å²) in [5, 5.41) is 4.18. The maximum Gasteiger partial charge on any atom is 0.255 e. The number of hydrogen-bond acceptors (Lipinski definition) is 4. The number of rotatable bonds is 2. The van der Waals surface area contributed by atoms with Gasteiger partial charge in [0.25, 0.3) is 5.91 Å². The predicted octanol–water partition coefficient (Wildman–Crippen LogP) is 1.53. The molecule has 0 N–H and O–H groups in total. The zero-order valence-electron chi connectivity index (χ0n) is 14.4. The number of anilines is 1. The van der Waals surface area contributed by atoms with Crippen molar-refractivity contribution in [3.63, 3.8) is 0 Å². The number of nitrogens with zero attached hydrogens (tertiary/aromatic N) is 5. The molecule has 7 nitrogen and oxygen atoms in total. The van der Waals surface area contributed by atoms with E-state index in [-0.39, 0.29) is 23.9 Å². The van der Waals surface area contributed by atoms with Crippen molar-refractivity contribution in [1.82, 2.24) is 19.7 Å². The van der Waals surface area contributed by atoms with Gasteiger partial charge in [-0.15, -0.1) is 0 Å². The fraction of sp³-hybridized carbons (Fsp3) is 0.444. The first kappa shape index (κ1) is 15.8. The molecule has 2 saturated heterocycles. The molecule has 0 radical (unpaired) electrons. The third kappa shape index (κ3) is 2.69. The van der Waals surface area contributed by atoms with E-state index in [0.717, 1.165) is 17.8 Å². The van der Waals surface area contributed by atoms with Gasteiger partial charge in [0.2, 0.25) is 5.91 Å². The van der Waals surface area contributed by atoms with Crippen LogP contribution in [0.15, 0.2) is 30.7 Å². The Balaban J connectivity index is 1.60. The molecule has 2 fully saturated rings. The van der Waals surface area contributed by atoms with E-state index in [9.17, 15) is 9.59 Å². The number of hydrogen-bond donors (Lipinski definition) is 0. The van der Waals surface area contributed by atoms with Gasteiger partial charge in [0.15, 0.2) is 0 Å². The van der Waals surface area contributed by atoms with Gasteiger partial charge in [-0.2, -0.15) is 5.10 Å². The smallest absolute Gasteiger partial charge is 0.255 e. The summed E-state index contributed by atoms with van der Waals surface area (Å²) in [6.45, 7) is 2.56. The lowest BCUT2D eigenvalue weighted by atomic mass is 9.95. The van der Waals surface area contributed by atoms with E-state index in [1.165, 1.54) is 0 Å². The van der Waals surface area contributed by atoms with Crippen LogP contribution >= 0.6 is 0 Å². The topological polar surface area (TPSA) is 71.3 Å². The summed E-state index contributed by atoms with van der Waals surface area (Å²) in [4.78, 5) is 33.4. The van der Waals surface area contributed by atoms with Crippen LogP contribution in [-0.2, 0) is 11.8 Å². The summed E-state index contributed by atoms with van der Waals surface area (Å²) in [5.74, 6) is 0.112. The third-order valence-electron chi connectivity index (χ3n) is 5.15. The number of aryl methyl sites for hydroxylation is 2. The minimum atomic E-state index is 0.000450. The molecule has 2 aliphatic rings. The minimum absolute atomic E-state index is 0.000450. The molecule has 4 rings (SSSR count). The first-order valence-corrected chi connectivity index (χ1v) is 8.59. The molecule has 0 unspecified atom stereocenters. The van der Waals surface area contributed by atoms with E-state index in [2.05, 4.69) is 10.1 Å². The van der Waals surface area contributed by atoms with Crippen LogP contribution in [0.25, 0.3) is 0 Å². The van der Waals surface area contributed by atoms with Crippen LogP contribution in [-0.4, -0.2) is 50.1 Å². The van der Waals surface area contributed by atoms with Crippen molar-refractivity contribution in [2.24, 2.45) is 7.05 Å². The average molecular weight is 339 g/mol. The van der Waals surface area contributed by atoms with Gasteiger partial charge in [0.1, 0.15) is 0 Å². The molecule has 25 heavy (non-hydrogen) atoms. The lowest BCUT2D eigenvalue weighted by Gasteiger charge is -2.39. The normalized spacial score (nSPS) is 23.0. The highest BCUT2D eigenvalue weighted by Crippen LogP contribution is 2.35. The Hall–Kier alpha value is -2.70. The molecule has 2 aromatic heterocycles. The Morgan fingerprint density at radius 3 is 2.72 bits per heavy atom. The van der Waals surface area contributed by atoms with Gasteiger partial charge in [0.05, 0.1) is 29.5 Å². The predicted molar refractivity (Wildman–Crippen MR) is 92.1 cm³/mol. The molecule has 0 saturated carbocycles. The highest BCUT2D eigenvalue weighted by atomic mass is 16.2. The Bertz CT molecular complexity index is 813. The number of aromatic nitrogens is 3. The molecule has 4 heterocycles. The fourth-order valence-electron chi connectivity index (χ4n) is 3.94. The van der Waals surface area contributed by atoms with Gasteiger partial charge in [-0.1, -0.05) is 0 Å². The maximum absolute atomic E-state index is 12.9. The number of carbonyl (C=O) groups excluding carboxylic acids is 2. The SMILES string of the molecule is Cc1ccc(C(=O)N2CC[C@@H]3[C@H]2CCC(=O)N3c2cnn(C)c2)cn1. The quantitative estimate of drug-likeness (QED) is 0.832. The number of piperidine rings is 1. The van der Waals surface area contributed by atoms with Crippen molar-refractivity contribution >= 4 is 17.5 Å². The number of carbonyl (C=O) groups is 2. The standard InChI is InChI=1S/C18H21N5O2/c1-12-3-4-13(9-19-12)18(25)22-8-7-16-15(22)5-6-17(24)23(16)14-10-20-21(2)11-14/h3-4,9-11,15-16H,5-8H2,1-2H3/t15-,16-/m1/s1. The first-order chi connectivity index (χ1) is 12.0. The van der Waals surface area contributed by atoms with Crippen LogP contribution in [0.1, 0.15) is 35.3 Å². The van der Waals surface area contributed by atoms with Gasteiger partial charge in [-0.3, -0.25) is 19.3 Å². The molecule has 130 valence electrons. The summed E-state index contributed by atoms with van der Waals surface area (Å²) in [5.41, 5.74) is 2.31. The van der Waals surface area contributed by atoms with Crippen molar-refractivity contribution < 1.29 is 9.59 Å². The Kier molecular flexibility index (Phi) is 3.78. The number of amides is 2. The van der Waals surface area contributed by atoms with Crippen LogP contribution in [0.5, 0.6) is 0 Å². The van der Waals surface area contributed by atoms with Crippen molar-refractivity contribution in [2.45, 2.75) is 38.3 Å². The van der Waals surface area contributed by atoms with E-state index in [1.807, 2.05) is 42.1 Å². The summed E-state index contributed by atoms with van der Waals surface area (Å²) >= 11 is 0. The van der Waals surface area contributed by atoms with Crippen molar-refractivity contribution in [2.75, 3.05) is 11.4 Å².